The molecule has 4 heteroatoms. The summed E-state index contributed by atoms with van der Waals surface area (Å²) in [6, 6.07) is 5.80. The zero-order valence-electron chi connectivity index (χ0n) is 10.6. The smallest absolute Gasteiger partial charge is 0.152 e. The van der Waals surface area contributed by atoms with E-state index in [0.29, 0.717) is 5.92 Å². The first-order valence-corrected chi connectivity index (χ1v) is 7.02. The van der Waals surface area contributed by atoms with E-state index in [0.717, 1.165) is 54.5 Å². The van der Waals surface area contributed by atoms with Crippen LogP contribution in [0.1, 0.15) is 23.2 Å². The molecule has 0 atom stereocenters. The van der Waals surface area contributed by atoms with Crippen molar-refractivity contribution in [2.75, 3.05) is 31.7 Å². The number of nitrogens with zero attached hydrogens (tertiary/aromatic N) is 1. The lowest BCUT2D eigenvalue weighted by Gasteiger charge is -2.34. The van der Waals surface area contributed by atoms with Crippen molar-refractivity contribution >= 4 is 27.9 Å². The predicted octanol–water partition coefficient (Wildman–Crippen LogP) is 3.12. The highest BCUT2D eigenvalue weighted by molar-refractivity contribution is 9.10. The zero-order chi connectivity index (χ0) is 13.0. The number of piperidine rings is 1. The highest BCUT2D eigenvalue weighted by Gasteiger charge is 2.20. The number of benzene rings is 1. The number of methoxy groups -OCH3 is 1. The number of anilines is 1. The van der Waals surface area contributed by atoms with Gasteiger partial charge < -0.3 is 9.64 Å². The Balaban J connectivity index is 2.09. The molecule has 98 valence electrons. The Hall–Kier alpha value is -0.870. The molecule has 1 aliphatic heterocycles. The fraction of sp³-hybridized carbons (Fsp3) is 0.500. The molecule has 1 aliphatic rings. The van der Waals surface area contributed by atoms with Gasteiger partial charge in [-0.15, -0.1) is 0 Å². The Kier molecular flexibility index (Phi) is 4.78. The second kappa shape index (κ2) is 6.34. The minimum atomic E-state index is 0.651. The molecule has 0 bridgehead atoms. The molecular formula is C14H18BrNO2. The molecule has 0 radical (unpaired) electrons. The number of rotatable bonds is 4. The third-order valence-electron chi connectivity index (χ3n) is 3.48. The molecule has 0 amide bonds. The average molecular weight is 312 g/mol. The summed E-state index contributed by atoms with van der Waals surface area (Å²) in [5.74, 6) is 0.651. The maximum atomic E-state index is 11.1. The first kappa shape index (κ1) is 13.6. The van der Waals surface area contributed by atoms with Gasteiger partial charge in [-0.1, -0.05) is 15.9 Å². The van der Waals surface area contributed by atoms with E-state index in [1.807, 2.05) is 18.2 Å². The lowest BCUT2D eigenvalue weighted by Crippen LogP contribution is -2.35. The summed E-state index contributed by atoms with van der Waals surface area (Å²) < 4.78 is 6.22. The molecule has 0 aliphatic carbocycles. The fourth-order valence-electron chi connectivity index (χ4n) is 2.47. The molecule has 18 heavy (non-hydrogen) atoms. The molecule has 0 N–H and O–H groups in total. The summed E-state index contributed by atoms with van der Waals surface area (Å²) in [6.45, 7) is 2.82. The van der Waals surface area contributed by atoms with Crippen LogP contribution in [-0.2, 0) is 4.74 Å². The van der Waals surface area contributed by atoms with E-state index >= 15 is 0 Å². The van der Waals surface area contributed by atoms with Gasteiger partial charge in [0, 0.05) is 42.5 Å². The number of hydrogen-bond donors (Lipinski definition) is 0. The number of carbonyl (C=O) groups is 1. The third-order valence-corrected chi connectivity index (χ3v) is 3.97. The van der Waals surface area contributed by atoms with Crippen molar-refractivity contribution in [3.05, 3.63) is 28.2 Å². The Bertz CT molecular complexity index is 414. The number of ether oxygens (including phenoxy) is 1. The van der Waals surface area contributed by atoms with Gasteiger partial charge in [-0.2, -0.15) is 0 Å². The summed E-state index contributed by atoms with van der Waals surface area (Å²) in [6.07, 6.45) is 3.18. The zero-order valence-corrected chi connectivity index (χ0v) is 12.1. The Morgan fingerprint density at radius 2 is 2.17 bits per heavy atom. The van der Waals surface area contributed by atoms with Gasteiger partial charge in [0.1, 0.15) is 0 Å². The molecule has 1 aromatic carbocycles. The molecule has 0 spiro atoms. The number of hydrogen-bond acceptors (Lipinski definition) is 3. The number of aldehydes is 1. The highest BCUT2D eigenvalue weighted by Crippen LogP contribution is 2.28. The minimum absolute atomic E-state index is 0.651. The van der Waals surface area contributed by atoms with Gasteiger partial charge in [0.15, 0.2) is 6.29 Å². The third kappa shape index (κ3) is 3.12. The number of halogens is 1. The maximum Gasteiger partial charge on any atom is 0.152 e. The van der Waals surface area contributed by atoms with Crippen LogP contribution in [0, 0.1) is 5.92 Å². The van der Waals surface area contributed by atoms with Crippen molar-refractivity contribution in [2.45, 2.75) is 12.8 Å². The normalized spacial score (nSPS) is 16.9. The molecule has 0 aromatic heterocycles. The van der Waals surface area contributed by atoms with Crippen molar-refractivity contribution in [3.63, 3.8) is 0 Å². The molecule has 1 fully saturated rings. The monoisotopic (exact) mass is 311 g/mol. The highest BCUT2D eigenvalue weighted by atomic mass is 79.9. The average Bonchev–Trinajstić information content (AvgIpc) is 2.40. The lowest BCUT2D eigenvalue weighted by atomic mass is 9.97. The van der Waals surface area contributed by atoms with Crippen LogP contribution in [-0.4, -0.2) is 33.1 Å². The van der Waals surface area contributed by atoms with Crippen molar-refractivity contribution in [3.8, 4) is 0 Å². The van der Waals surface area contributed by atoms with Crippen LogP contribution in [0.25, 0.3) is 0 Å². The molecular weight excluding hydrogens is 294 g/mol. The molecule has 3 nitrogen and oxygen atoms in total. The van der Waals surface area contributed by atoms with E-state index < -0.39 is 0 Å². The van der Waals surface area contributed by atoms with Crippen LogP contribution in [0.4, 0.5) is 5.69 Å². The van der Waals surface area contributed by atoms with Crippen LogP contribution < -0.4 is 4.90 Å². The largest absolute Gasteiger partial charge is 0.384 e. The van der Waals surface area contributed by atoms with E-state index in [4.69, 9.17) is 4.74 Å². The SMILES string of the molecule is COCC1CCN(c2cc(Br)ccc2C=O)CC1. The summed E-state index contributed by atoms with van der Waals surface area (Å²) in [5.41, 5.74) is 1.80. The van der Waals surface area contributed by atoms with Gasteiger partial charge >= 0.3 is 0 Å². The van der Waals surface area contributed by atoms with Crippen LogP contribution in [0.3, 0.4) is 0 Å². The Morgan fingerprint density at radius 1 is 1.44 bits per heavy atom. The summed E-state index contributed by atoms with van der Waals surface area (Å²) >= 11 is 3.47. The van der Waals surface area contributed by atoms with E-state index in [1.165, 1.54) is 0 Å². The van der Waals surface area contributed by atoms with Gasteiger partial charge in [-0.3, -0.25) is 4.79 Å². The molecule has 1 saturated heterocycles. The minimum Gasteiger partial charge on any atom is -0.384 e. The first-order chi connectivity index (χ1) is 8.74. The summed E-state index contributed by atoms with van der Waals surface area (Å²) in [5, 5.41) is 0. The van der Waals surface area contributed by atoms with Crippen LogP contribution >= 0.6 is 15.9 Å². The molecule has 1 aromatic rings. The van der Waals surface area contributed by atoms with Crippen LogP contribution in [0.2, 0.25) is 0 Å². The quantitative estimate of drug-likeness (QED) is 0.800. The first-order valence-electron chi connectivity index (χ1n) is 6.23. The fourth-order valence-corrected chi connectivity index (χ4v) is 2.82. The van der Waals surface area contributed by atoms with Gasteiger partial charge in [-0.05, 0) is 37.0 Å². The van der Waals surface area contributed by atoms with Crippen LogP contribution in [0.5, 0.6) is 0 Å². The van der Waals surface area contributed by atoms with E-state index in [2.05, 4.69) is 20.8 Å². The summed E-state index contributed by atoms with van der Waals surface area (Å²) in [7, 11) is 1.76. The van der Waals surface area contributed by atoms with E-state index in [1.54, 1.807) is 7.11 Å². The van der Waals surface area contributed by atoms with Gasteiger partial charge in [0.05, 0.1) is 0 Å². The number of carbonyl (C=O) groups excluding carboxylic acids is 1. The molecule has 0 saturated carbocycles. The molecule has 2 rings (SSSR count). The molecule has 0 unspecified atom stereocenters. The second-order valence-electron chi connectivity index (χ2n) is 4.71. The lowest BCUT2D eigenvalue weighted by molar-refractivity contribution is 0.112. The maximum absolute atomic E-state index is 11.1. The van der Waals surface area contributed by atoms with Crippen molar-refractivity contribution in [1.82, 2.24) is 0 Å². The standard InChI is InChI=1S/C14H18BrNO2/c1-18-10-11-4-6-16(7-5-11)14-8-13(15)3-2-12(14)9-17/h2-3,8-9,11H,4-7,10H2,1H3. The Morgan fingerprint density at radius 3 is 2.78 bits per heavy atom. The van der Waals surface area contributed by atoms with Gasteiger partial charge in [-0.25, -0.2) is 0 Å². The van der Waals surface area contributed by atoms with E-state index in [9.17, 15) is 4.79 Å². The van der Waals surface area contributed by atoms with Crippen molar-refractivity contribution in [1.29, 1.82) is 0 Å². The van der Waals surface area contributed by atoms with Crippen molar-refractivity contribution < 1.29 is 9.53 Å². The van der Waals surface area contributed by atoms with E-state index in [-0.39, 0.29) is 0 Å². The van der Waals surface area contributed by atoms with Crippen LogP contribution in [0.15, 0.2) is 22.7 Å². The van der Waals surface area contributed by atoms with Gasteiger partial charge in [0.25, 0.3) is 0 Å². The van der Waals surface area contributed by atoms with Crippen molar-refractivity contribution in [2.24, 2.45) is 5.92 Å². The molecule has 1 heterocycles. The topological polar surface area (TPSA) is 29.5 Å². The predicted molar refractivity (Wildman–Crippen MR) is 76.3 cm³/mol. The van der Waals surface area contributed by atoms with Gasteiger partial charge in [0.2, 0.25) is 0 Å². The summed E-state index contributed by atoms with van der Waals surface area (Å²) in [4.78, 5) is 13.4. The second-order valence-corrected chi connectivity index (χ2v) is 5.62. The Labute approximate surface area is 116 Å².